The number of methoxy groups -OCH3 is 2. The van der Waals surface area contributed by atoms with Crippen molar-refractivity contribution in [2.45, 2.75) is 19.9 Å². The zero-order chi connectivity index (χ0) is 25.4. The Balaban J connectivity index is 1.94. The second kappa shape index (κ2) is 9.30. The van der Waals surface area contributed by atoms with Crippen molar-refractivity contribution in [2.24, 2.45) is 0 Å². The predicted molar refractivity (Wildman–Crippen MR) is 127 cm³/mol. The summed E-state index contributed by atoms with van der Waals surface area (Å²) in [5, 5.41) is 11.2. The molecule has 35 heavy (non-hydrogen) atoms. The van der Waals surface area contributed by atoms with E-state index in [1.165, 1.54) is 32.4 Å². The highest BCUT2D eigenvalue weighted by Crippen LogP contribution is 2.44. The number of nitrogens with zero attached hydrogens (tertiary/aromatic N) is 2. The second-order valence-corrected chi connectivity index (χ2v) is 8.79. The van der Waals surface area contributed by atoms with Crippen LogP contribution in [0.1, 0.15) is 38.1 Å². The number of aryl methyl sites for hydroxylation is 2. The van der Waals surface area contributed by atoms with E-state index in [4.69, 9.17) is 9.47 Å². The van der Waals surface area contributed by atoms with Gasteiger partial charge in [0.05, 0.1) is 31.5 Å². The van der Waals surface area contributed by atoms with E-state index < -0.39 is 35.3 Å². The van der Waals surface area contributed by atoms with Crippen molar-refractivity contribution in [3.63, 3.8) is 0 Å². The van der Waals surface area contributed by atoms with E-state index in [1.807, 2.05) is 0 Å². The zero-order valence-corrected chi connectivity index (χ0v) is 20.1. The highest BCUT2D eigenvalue weighted by atomic mass is 32.1. The first-order chi connectivity index (χ1) is 16.7. The number of aliphatic hydroxyl groups is 1. The third-order valence-electron chi connectivity index (χ3n) is 5.64. The van der Waals surface area contributed by atoms with Crippen LogP contribution >= 0.6 is 11.3 Å². The lowest BCUT2D eigenvalue weighted by molar-refractivity contribution is -0.132. The molecule has 0 saturated carbocycles. The number of aromatic nitrogens is 1. The number of anilines is 1. The minimum atomic E-state index is -1.18. The maximum absolute atomic E-state index is 14.2. The summed E-state index contributed by atoms with van der Waals surface area (Å²) in [6.07, 6.45) is 0. The van der Waals surface area contributed by atoms with Gasteiger partial charge in [-0.25, -0.2) is 14.2 Å². The Kier molecular flexibility index (Phi) is 6.40. The minimum Gasteiger partial charge on any atom is -0.507 e. The van der Waals surface area contributed by atoms with E-state index >= 15 is 0 Å². The van der Waals surface area contributed by atoms with Gasteiger partial charge >= 0.3 is 11.9 Å². The topological polar surface area (TPSA) is 106 Å². The number of ether oxygens (including phenoxy) is 2. The number of carbonyl (C=O) groups excluding carboxylic acids is 3. The molecule has 1 atom stereocenters. The number of esters is 1. The van der Waals surface area contributed by atoms with Gasteiger partial charge in [0, 0.05) is 5.56 Å². The monoisotopic (exact) mass is 496 g/mol. The molecule has 1 aromatic heterocycles. The third-order valence-corrected chi connectivity index (χ3v) is 6.78. The predicted octanol–water partition coefficient (Wildman–Crippen LogP) is 4.32. The molecule has 1 saturated heterocycles. The van der Waals surface area contributed by atoms with Crippen molar-refractivity contribution in [3.8, 4) is 5.75 Å². The van der Waals surface area contributed by atoms with Gasteiger partial charge in [-0.3, -0.25) is 14.5 Å². The van der Waals surface area contributed by atoms with Crippen LogP contribution < -0.4 is 9.64 Å². The van der Waals surface area contributed by atoms with E-state index in [0.717, 1.165) is 16.2 Å². The fraction of sp³-hybridized carbons (Fsp3) is 0.200. The molecule has 1 amide bonds. The van der Waals surface area contributed by atoms with Crippen molar-refractivity contribution < 1.29 is 33.4 Å². The number of hydrogen-bond donors (Lipinski definition) is 1. The third kappa shape index (κ3) is 4.17. The summed E-state index contributed by atoms with van der Waals surface area (Å²) in [5.74, 6) is -2.99. The fourth-order valence-corrected chi connectivity index (χ4v) is 4.98. The Labute approximate surface area is 204 Å². The van der Waals surface area contributed by atoms with Crippen LogP contribution in [0.4, 0.5) is 9.52 Å². The Morgan fingerprint density at radius 1 is 1.14 bits per heavy atom. The molecule has 10 heteroatoms. The van der Waals surface area contributed by atoms with Crippen LogP contribution in [-0.4, -0.2) is 42.0 Å². The van der Waals surface area contributed by atoms with Gasteiger partial charge in [0.25, 0.3) is 5.78 Å². The van der Waals surface area contributed by atoms with Crippen LogP contribution in [-0.2, 0) is 14.3 Å². The molecule has 2 heterocycles. The van der Waals surface area contributed by atoms with Crippen LogP contribution in [0.25, 0.3) is 5.76 Å². The zero-order valence-electron chi connectivity index (χ0n) is 19.3. The van der Waals surface area contributed by atoms with E-state index in [0.29, 0.717) is 17.0 Å². The van der Waals surface area contributed by atoms with E-state index in [1.54, 1.807) is 38.1 Å². The van der Waals surface area contributed by atoms with Crippen molar-refractivity contribution in [1.82, 2.24) is 4.98 Å². The molecular formula is C25H21FN2O6S. The molecule has 1 aliphatic rings. The van der Waals surface area contributed by atoms with Gasteiger partial charge in [0.2, 0.25) is 0 Å². The van der Waals surface area contributed by atoms with Crippen LogP contribution in [0.2, 0.25) is 0 Å². The molecule has 0 spiro atoms. The summed E-state index contributed by atoms with van der Waals surface area (Å²) in [4.78, 5) is 44.1. The van der Waals surface area contributed by atoms with Crippen LogP contribution in [0.3, 0.4) is 0 Å². The molecule has 0 radical (unpaired) electrons. The average Bonchev–Trinajstić information content (AvgIpc) is 3.34. The van der Waals surface area contributed by atoms with E-state index in [9.17, 15) is 23.9 Å². The summed E-state index contributed by atoms with van der Waals surface area (Å²) >= 11 is 0.868. The fourth-order valence-electron chi connectivity index (χ4n) is 3.97. The maximum atomic E-state index is 14.2. The molecule has 4 rings (SSSR count). The summed E-state index contributed by atoms with van der Waals surface area (Å²) in [6, 6.07) is 9.01. The molecular weight excluding hydrogens is 475 g/mol. The first-order valence-corrected chi connectivity index (χ1v) is 11.3. The van der Waals surface area contributed by atoms with Gasteiger partial charge in [-0.05, 0) is 55.3 Å². The normalized spacial score (nSPS) is 17.1. The molecule has 2 aromatic carbocycles. The highest BCUT2D eigenvalue weighted by Gasteiger charge is 2.48. The quantitative estimate of drug-likeness (QED) is 0.243. The van der Waals surface area contributed by atoms with Gasteiger partial charge in [-0.15, -0.1) is 0 Å². The molecule has 0 unspecified atom stereocenters. The molecule has 8 nitrogen and oxygen atoms in total. The summed E-state index contributed by atoms with van der Waals surface area (Å²) in [6.45, 7) is 3.34. The van der Waals surface area contributed by atoms with E-state index in [2.05, 4.69) is 4.98 Å². The smallest absolute Gasteiger partial charge is 0.350 e. The number of amides is 1. The van der Waals surface area contributed by atoms with Gasteiger partial charge in [0.15, 0.2) is 5.13 Å². The summed E-state index contributed by atoms with van der Waals surface area (Å²) in [5.41, 5.74) is 1.32. The van der Waals surface area contributed by atoms with Crippen molar-refractivity contribution in [3.05, 3.63) is 81.1 Å². The number of benzene rings is 2. The maximum Gasteiger partial charge on any atom is 0.350 e. The first kappa shape index (κ1) is 24.1. The number of hydrogen-bond acceptors (Lipinski definition) is 8. The Morgan fingerprint density at radius 2 is 1.89 bits per heavy atom. The van der Waals surface area contributed by atoms with Gasteiger partial charge in [0.1, 0.15) is 22.2 Å². The largest absolute Gasteiger partial charge is 0.507 e. The standard InChI is InChI=1S/C25H21FN2O6S/c1-12-10-15(8-9-17(12)33-3)20(29)18-19(14-6-5-7-16(26)11-14)28(23(31)21(18)30)25-27-13(2)22(35-25)24(32)34-4/h5-11,19,29H,1-4H3/t19-/m0/s1. The second-order valence-electron chi connectivity index (χ2n) is 7.81. The minimum absolute atomic E-state index is 0.0456. The SMILES string of the molecule is COC(=O)c1sc(N2C(=O)C(=O)C(=C(O)c3ccc(OC)c(C)c3)[C@@H]2c2cccc(F)c2)nc1C. The van der Waals surface area contributed by atoms with E-state index in [-0.39, 0.29) is 26.7 Å². The molecule has 1 N–H and O–H groups in total. The number of carbonyl (C=O) groups is 3. The van der Waals surface area contributed by atoms with Crippen LogP contribution in [0.15, 0.2) is 48.0 Å². The molecule has 0 aliphatic carbocycles. The lowest BCUT2D eigenvalue weighted by Gasteiger charge is -2.23. The average molecular weight is 497 g/mol. The Hall–Kier alpha value is -4.05. The molecule has 3 aromatic rings. The lowest BCUT2D eigenvalue weighted by atomic mass is 9.95. The van der Waals surface area contributed by atoms with Crippen LogP contribution in [0.5, 0.6) is 5.75 Å². The Bertz CT molecular complexity index is 1400. The van der Waals surface area contributed by atoms with Gasteiger partial charge in [-0.1, -0.05) is 23.5 Å². The molecule has 0 bridgehead atoms. The highest BCUT2D eigenvalue weighted by molar-refractivity contribution is 7.17. The first-order valence-electron chi connectivity index (χ1n) is 10.4. The molecule has 1 aliphatic heterocycles. The number of halogens is 1. The van der Waals surface area contributed by atoms with Gasteiger partial charge in [-0.2, -0.15) is 0 Å². The number of Topliss-reactive ketones (excluding diaryl/α,β-unsaturated/α-hetero) is 1. The Morgan fingerprint density at radius 3 is 2.51 bits per heavy atom. The van der Waals surface area contributed by atoms with Crippen molar-refractivity contribution in [2.75, 3.05) is 19.1 Å². The van der Waals surface area contributed by atoms with Crippen molar-refractivity contribution in [1.29, 1.82) is 0 Å². The lowest BCUT2D eigenvalue weighted by Crippen LogP contribution is -2.29. The number of thiazole rings is 1. The van der Waals surface area contributed by atoms with Crippen LogP contribution in [0, 0.1) is 19.7 Å². The van der Waals surface area contributed by atoms with Crippen molar-refractivity contribution >= 4 is 39.9 Å². The summed E-state index contributed by atoms with van der Waals surface area (Å²) in [7, 11) is 2.73. The summed E-state index contributed by atoms with van der Waals surface area (Å²) < 4.78 is 24.2. The molecule has 1 fully saturated rings. The number of rotatable bonds is 5. The number of ketones is 1. The number of aliphatic hydroxyl groups excluding tert-OH is 1. The molecule has 180 valence electrons. The van der Waals surface area contributed by atoms with Gasteiger partial charge < -0.3 is 14.6 Å².